The lowest BCUT2D eigenvalue weighted by atomic mass is 10.1. The molecular weight excluding hydrogens is 512 g/mol. The van der Waals surface area contributed by atoms with E-state index >= 15 is 0 Å². The van der Waals surface area contributed by atoms with Crippen molar-refractivity contribution in [2.45, 2.75) is 44.9 Å². The van der Waals surface area contributed by atoms with Gasteiger partial charge in [-0.3, -0.25) is 0 Å². The molecule has 2 fully saturated rings. The molecule has 1 aromatic carbocycles. The second kappa shape index (κ2) is 11.0. The maximum atomic E-state index is 14.0. The molecular formula is C28H32F4N6O. The van der Waals surface area contributed by atoms with E-state index in [1.165, 1.54) is 18.3 Å². The summed E-state index contributed by atoms with van der Waals surface area (Å²) in [5, 5.41) is 0. The summed E-state index contributed by atoms with van der Waals surface area (Å²) in [5.74, 6) is 0.916. The molecule has 11 heteroatoms. The predicted octanol–water partition coefficient (Wildman–Crippen LogP) is 5.34. The number of pyridine rings is 1. The summed E-state index contributed by atoms with van der Waals surface area (Å²) in [4.78, 5) is 19.8. The first-order valence-electron chi connectivity index (χ1n) is 13.1. The molecule has 7 nitrogen and oxygen atoms in total. The Bertz CT molecular complexity index is 1320. The number of ether oxygens (including phenoxy) is 1. The van der Waals surface area contributed by atoms with Crippen LogP contribution in [0.25, 0.3) is 11.3 Å². The molecule has 0 saturated carbocycles. The fraction of sp³-hybridized carbons (Fsp3) is 0.464. The summed E-state index contributed by atoms with van der Waals surface area (Å²) in [5.41, 5.74) is 1.23. The minimum absolute atomic E-state index is 0.0539. The minimum atomic E-state index is -4.48. The number of anilines is 3. The molecule has 5 rings (SSSR count). The van der Waals surface area contributed by atoms with Crippen LogP contribution in [0.3, 0.4) is 0 Å². The van der Waals surface area contributed by atoms with E-state index in [9.17, 15) is 17.6 Å². The zero-order valence-electron chi connectivity index (χ0n) is 22.2. The van der Waals surface area contributed by atoms with Gasteiger partial charge in [0.25, 0.3) is 0 Å². The van der Waals surface area contributed by atoms with Crippen LogP contribution in [0.4, 0.5) is 35.1 Å². The number of nitrogens with zero attached hydrogens (tertiary/aromatic N) is 6. The van der Waals surface area contributed by atoms with E-state index in [4.69, 9.17) is 14.7 Å². The number of aryl methyl sites for hydroxylation is 1. The molecule has 0 unspecified atom stereocenters. The van der Waals surface area contributed by atoms with Crippen LogP contribution in [0.2, 0.25) is 0 Å². The van der Waals surface area contributed by atoms with Gasteiger partial charge in [-0.25, -0.2) is 14.4 Å². The van der Waals surface area contributed by atoms with Crippen molar-refractivity contribution in [1.82, 2.24) is 15.0 Å². The normalized spacial score (nSPS) is 20.1. The Morgan fingerprint density at radius 2 is 1.87 bits per heavy atom. The third-order valence-electron chi connectivity index (χ3n) is 7.46. The van der Waals surface area contributed by atoms with E-state index in [1.807, 2.05) is 13.0 Å². The van der Waals surface area contributed by atoms with E-state index in [0.29, 0.717) is 49.3 Å². The lowest BCUT2D eigenvalue weighted by molar-refractivity contribution is -0.137. The Balaban J connectivity index is 1.48. The van der Waals surface area contributed by atoms with Crippen molar-refractivity contribution in [2.24, 2.45) is 0 Å². The number of aromatic nitrogens is 3. The monoisotopic (exact) mass is 544 g/mol. The van der Waals surface area contributed by atoms with Crippen LogP contribution in [0.1, 0.15) is 30.9 Å². The molecule has 2 atom stereocenters. The number of halogens is 4. The third-order valence-corrected chi connectivity index (χ3v) is 7.46. The van der Waals surface area contributed by atoms with Gasteiger partial charge in [-0.1, -0.05) is 0 Å². The highest BCUT2D eigenvalue weighted by molar-refractivity contribution is 5.66. The molecule has 0 N–H and O–H groups in total. The van der Waals surface area contributed by atoms with Gasteiger partial charge < -0.3 is 19.4 Å². The Hall–Kier alpha value is -3.47. The fourth-order valence-corrected chi connectivity index (χ4v) is 5.47. The lowest BCUT2D eigenvalue weighted by Crippen LogP contribution is -2.53. The quantitative estimate of drug-likeness (QED) is 0.389. The lowest BCUT2D eigenvalue weighted by Gasteiger charge is -2.42. The summed E-state index contributed by atoms with van der Waals surface area (Å²) in [6, 6.07) is 9.15. The van der Waals surface area contributed by atoms with Crippen molar-refractivity contribution in [3.05, 3.63) is 59.5 Å². The smallest absolute Gasteiger partial charge is 0.383 e. The zero-order chi connectivity index (χ0) is 27.7. The molecule has 2 aliphatic heterocycles. The maximum Gasteiger partial charge on any atom is 0.419 e. The van der Waals surface area contributed by atoms with Gasteiger partial charge in [0.15, 0.2) is 0 Å². The van der Waals surface area contributed by atoms with Crippen LogP contribution in [0, 0.1) is 12.7 Å². The van der Waals surface area contributed by atoms with Gasteiger partial charge in [0.1, 0.15) is 17.5 Å². The molecule has 208 valence electrons. The van der Waals surface area contributed by atoms with Crippen LogP contribution in [0.5, 0.6) is 0 Å². The molecule has 4 heterocycles. The van der Waals surface area contributed by atoms with Crippen molar-refractivity contribution in [1.29, 1.82) is 0 Å². The number of hydrogen-bond acceptors (Lipinski definition) is 7. The first-order valence-corrected chi connectivity index (χ1v) is 13.1. The molecule has 39 heavy (non-hydrogen) atoms. The number of benzene rings is 1. The second-order valence-corrected chi connectivity index (χ2v) is 10.2. The Morgan fingerprint density at radius 3 is 2.59 bits per heavy atom. The van der Waals surface area contributed by atoms with Crippen molar-refractivity contribution in [3.63, 3.8) is 0 Å². The Morgan fingerprint density at radius 1 is 1.05 bits per heavy atom. The largest absolute Gasteiger partial charge is 0.419 e. The zero-order valence-corrected chi connectivity index (χ0v) is 22.2. The van der Waals surface area contributed by atoms with Crippen LogP contribution in [0.15, 0.2) is 42.6 Å². The highest BCUT2D eigenvalue weighted by Crippen LogP contribution is 2.37. The van der Waals surface area contributed by atoms with E-state index in [1.54, 1.807) is 31.1 Å². The molecule has 3 aromatic rings. The van der Waals surface area contributed by atoms with Crippen LogP contribution in [-0.2, 0) is 10.9 Å². The first-order chi connectivity index (χ1) is 18.7. The second-order valence-electron chi connectivity index (χ2n) is 10.2. The summed E-state index contributed by atoms with van der Waals surface area (Å²) < 4.78 is 60.4. The average molecular weight is 545 g/mol. The van der Waals surface area contributed by atoms with Gasteiger partial charge in [0.2, 0.25) is 5.95 Å². The van der Waals surface area contributed by atoms with Crippen LogP contribution in [-0.4, -0.2) is 66.9 Å². The molecule has 0 amide bonds. The van der Waals surface area contributed by atoms with Gasteiger partial charge >= 0.3 is 6.18 Å². The number of hydrogen-bond donors (Lipinski definition) is 0. The van der Waals surface area contributed by atoms with Gasteiger partial charge in [-0.2, -0.15) is 18.2 Å². The predicted molar refractivity (Wildman–Crippen MR) is 143 cm³/mol. The average Bonchev–Trinajstić information content (AvgIpc) is 3.38. The van der Waals surface area contributed by atoms with Gasteiger partial charge in [-0.05, 0) is 62.6 Å². The fourth-order valence-electron chi connectivity index (χ4n) is 5.47. The van der Waals surface area contributed by atoms with Crippen molar-refractivity contribution in [2.75, 3.05) is 54.6 Å². The molecule has 0 bridgehead atoms. The van der Waals surface area contributed by atoms with Crippen molar-refractivity contribution >= 4 is 17.6 Å². The van der Waals surface area contributed by atoms with Crippen molar-refractivity contribution in [3.8, 4) is 11.3 Å². The Kier molecular flexibility index (Phi) is 7.61. The van der Waals surface area contributed by atoms with E-state index in [0.717, 1.165) is 31.0 Å². The minimum Gasteiger partial charge on any atom is -0.383 e. The molecule has 0 aliphatic carbocycles. The third kappa shape index (κ3) is 5.63. The summed E-state index contributed by atoms with van der Waals surface area (Å²) in [7, 11) is 1.67. The van der Waals surface area contributed by atoms with Gasteiger partial charge in [0.05, 0.1) is 23.9 Å². The molecule has 0 radical (unpaired) electrons. The van der Waals surface area contributed by atoms with Gasteiger partial charge in [0, 0.05) is 57.2 Å². The van der Waals surface area contributed by atoms with E-state index in [-0.39, 0.29) is 23.7 Å². The number of methoxy groups -OCH3 is 1. The standard InChI is InChI=1S/C28H32F4N6O/c1-18-14-20(8-9-23(18)29)24-15-25(35-27(34-24)38-11-5-6-21(38)17-39-3)37-13-12-36(16-19(37)2)26-22(28(30,31)32)7-4-10-33-26/h4,7-10,14-15,19,21H,5-6,11-13,16-17H2,1-3H3/t19-,21+/m1/s1. The van der Waals surface area contributed by atoms with Gasteiger partial charge in [-0.15, -0.1) is 0 Å². The van der Waals surface area contributed by atoms with E-state index in [2.05, 4.69) is 14.8 Å². The Labute approximate surface area is 225 Å². The molecule has 0 spiro atoms. The SMILES string of the molecule is COC[C@@H]1CCCN1c1nc(-c2ccc(F)c(C)c2)cc(N2CCN(c3ncccc3C(F)(F)F)C[C@H]2C)n1. The summed E-state index contributed by atoms with van der Waals surface area (Å²) in [6.45, 7) is 6.18. The summed E-state index contributed by atoms with van der Waals surface area (Å²) >= 11 is 0. The van der Waals surface area contributed by atoms with E-state index < -0.39 is 11.7 Å². The number of piperazine rings is 1. The first kappa shape index (κ1) is 27.1. The van der Waals surface area contributed by atoms with Crippen LogP contribution < -0.4 is 14.7 Å². The highest BCUT2D eigenvalue weighted by Gasteiger charge is 2.37. The van der Waals surface area contributed by atoms with Crippen LogP contribution >= 0.6 is 0 Å². The van der Waals surface area contributed by atoms with Crippen molar-refractivity contribution < 1.29 is 22.3 Å². The topological polar surface area (TPSA) is 57.6 Å². The number of rotatable bonds is 6. The molecule has 2 aliphatic rings. The highest BCUT2D eigenvalue weighted by atomic mass is 19.4. The number of alkyl halides is 3. The molecule has 2 aromatic heterocycles. The maximum absolute atomic E-state index is 14.0. The summed E-state index contributed by atoms with van der Waals surface area (Å²) in [6.07, 6.45) is -1.13. The molecule has 2 saturated heterocycles.